The summed E-state index contributed by atoms with van der Waals surface area (Å²) >= 11 is 0. The van der Waals surface area contributed by atoms with Crippen molar-refractivity contribution in [2.24, 2.45) is 7.05 Å². The summed E-state index contributed by atoms with van der Waals surface area (Å²) in [6, 6.07) is 5.46. The summed E-state index contributed by atoms with van der Waals surface area (Å²) in [7, 11) is 3.66. The third-order valence-electron chi connectivity index (χ3n) is 2.91. The topological polar surface area (TPSA) is 71.8 Å². The Morgan fingerprint density at radius 1 is 1.40 bits per heavy atom. The average Bonchev–Trinajstić information content (AvgIpc) is 2.83. The van der Waals surface area contributed by atoms with E-state index in [9.17, 15) is 4.79 Å². The van der Waals surface area contributed by atoms with Crippen molar-refractivity contribution in [2.45, 2.75) is 13.3 Å². The lowest BCUT2D eigenvalue weighted by molar-refractivity contribution is 0.0954. The van der Waals surface area contributed by atoms with Gasteiger partial charge in [0.05, 0.1) is 5.69 Å². The van der Waals surface area contributed by atoms with Crippen LogP contribution >= 0.6 is 0 Å². The summed E-state index contributed by atoms with van der Waals surface area (Å²) in [6.07, 6.45) is 2.61. The van der Waals surface area contributed by atoms with Gasteiger partial charge in [-0.1, -0.05) is 0 Å². The van der Waals surface area contributed by atoms with Crippen LogP contribution in [0.2, 0.25) is 0 Å². The first kappa shape index (κ1) is 14.0. The molecule has 6 nitrogen and oxygen atoms in total. The van der Waals surface area contributed by atoms with Crippen molar-refractivity contribution in [3.8, 4) is 0 Å². The molecule has 0 aliphatic rings. The molecule has 0 fully saturated rings. The first-order valence-electron chi connectivity index (χ1n) is 6.51. The average molecular weight is 273 g/mol. The van der Waals surface area contributed by atoms with Gasteiger partial charge in [0, 0.05) is 44.5 Å². The van der Waals surface area contributed by atoms with Crippen molar-refractivity contribution in [3.05, 3.63) is 41.3 Å². The van der Waals surface area contributed by atoms with Gasteiger partial charge in [-0.05, 0) is 25.1 Å². The van der Waals surface area contributed by atoms with Gasteiger partial charge in [-0.15, -0.1) is 0 Å². The maximum absolute atomic E-state index is 12.1. The third kappa shape index (κ3) is 3.57. The lowest BCUT2D eigenvalue weighted by Crippen LogP contribution is -2.26. The molecule has 0 saturated carbocycles. The SMILES string of the molecule is CNc1cc(C(=O)NCCc2ccn(C)n2)cc(C)n1. The number of amides is 1. The van der Waals surface area contributed by atoms with Crippen LogP contribution < -0.4 is 10.6 Å². The van der Waals surface area contributed by atoms with Crippen molar-refractivity contribution in [3.63, 3.8) is 0 Å². The fraction of sp³-hybridized carbons (Fsp3) is 0.357. The highest BCUT2D eigenvalue weighted by molar-refractivity contribution is 5.94. The lowest BCUT2D eigenvalue weighted by atomic mass is 10.2. The second kappa shape index (κ2) is 6.18. The summed E-state index contributed by atoms with van der Waals surface area (Å²) < 4.78 is 1.75. The molecule has 20 heavy (non-hydrogen) atoms. The zero-order chi connectivity index (χ0) is 14.5. The van der Waals surface area contributed by atoms with Gasteiger partial charge in [-0.25, -0.2) is 4.98 Å². The Morgan fingerprint density at radius 2 is 2.20 bits per heavy atom. The molecular weight excluding hydrogens is 254 g/mol. The summed E-state index contributed by atoms with van der Waals surface area (Å²) in [5.74, 6) is 0.600. The molecule has 0 radical (unpaired) electrons. The summed E-state index contributed by atoms with van der Waals surface area (Å²) in [5, 5.41) is 10.1. The Labute approximate surface area is 118 Å². The minimum absolute atomic E-state index is 0.0945. The number of carbonyl (C=O) groups excluding carboxylic acids is 1. The molecule has 6 heteroatoms. The molecule has 0 saturated heterocycles. The lowest BCUT2D eigenvalue weighted by Gasteiger charge is -2.07. The van der Waals surface area contributed by atoms with Gasteiger partial charge in [0.2, 0.25) is 0 Å². The van der Waals surface area contributed by atoms with E-state index in [-0.39, 0.29) is 5.91 Å². The van der Waals surface area contributed by atoms with Crippen LogP contribution in [-0.2, 0) is 13.5 Å². The second-order valence-electron chi connectivity index (χ2n) is 4.62. The molecule has 0 bridgehead atoms. The molecule has 2 rings (SSSR count). The molecule has 0 aliphatic heterocycles. The van der Waals surface area contributed by atoms with E-state index >= 15 is 0 Å². The maximum atomic E-state index is 12.1. The zero-order valence-corrected chi connectivity index (χ0v) is 12.0. The van der Waals surface area contributed by atoms with Crippen molar-refractivity contribution in [2.75, 3.05) is 18.9 Å². The normalized spacial score (nSPS) is 10.3. The fourth-order valence-corrected chi connectivity index (χ4v) is 1.93. The Bertz CT molecular complexity index is 605. The monoisotopic (exact) mass is 273 g/mol. The molecule has 0 atom stereocenters. The molecule has 2 heterocycles. The second-order valence-corrected chi connectivity index (χ2v) is 4.62. The van der Waals surface area contributed by atoms with Crippen LogP contribution in [0.1, 0.15) is 21.7 Å². The van der Waals surface area contributed by atoms with Crippen molar-refractivity contribution in [1.82, 2.24) is 20.1 Å². The maximum Gasteiger partial charge on any atom is 0.251 e. The number of hydrogen-bond donors (Lipinski definition) is 2. The predicted molar refractivity (Wildman–Crippen MR) is 77.8 cm³/mol. The standard InChI is InChI=1S/C14H19N5O/c1-10-8-11(9-13(15-2)17-10)14(20)16-6-4-12-5-7-19(3)18-12/h5,7-9H,4,6H2,1-3H3,(H,15,17)(H,16,20). The molecule has 2 N–H and O–H groups in total. The number of nitrogens with one attached hydrogen (secondary N) is 2. The number of hydrogen-bond acceptors (Lipinski definition) is 4. The van der Waals surface area contributed by atoms with E-state index in [1.54, 1.807) is 23.9 Å². The van der Waals surface area contributed by atoms with Crippen molar-refractivity contribution < 1.29 is 4.79 Å². The van der Waals surface area contributed by atoms with Gasteiger partial charge < -0.3 is 10.6 Å². The van der Waals surface area contributed by atoms with Crippen molar-refractivity contribution >= 4 is 11.7 Å². The number of nitrogens with zero attached hydrogens (tertiary/aromatic N) is 3. The Morgan fingerprint density at radius 3 is 2.85 bits per heavy atom. The van der Waals surface area contributed by atoms with E-state index in [0.717, 1.165) is 17.8 Å². The third-order valence-corrected chi connectivity index (χ3v) is 2.91. The molecule has 0 aromatic carbocycles. The first-order valence-corrected chi connectivity index (χ1v) is 6.51. The van der Waals surface area contributed by atoms with E-state index in [1.165, 1.54) is 0 Å². The molecule has 1 amide bonds. The Kier molecular flexibility index (Phi) is 4.34. The summed E-state index contributed by atoms with van der Waals surface area (Å²) in [4.78, 5) is 16.3. The highest BCUT2D eigenvalue weighted by atomic mass is 16.1. The Balaban J connectivity index is 1.93. The molecule has 0 aliphatic carbocycles. The summed E-state index contributed by atoms with van der Waals surface area (Å²) in [6.45, 7) is 2.43. The minimum Gasteiger partial charge on any atom is -0.373 e. The van der Waals surface area contributed by atoms with Crippen LogP contribution in [0, 0.1) is 6.92 Å². The van der Waals surface area contributed by atoms with Crippen LogP contribution in [0.4, 0.5) is 5.82 Å². The molecule has 106 valence electrons. The molecular formula is C14H19N5O. The largest absolute Gasteiger partial charge is 0.373 e. The number of aryl methyl sites for hydroxylation is 2. The highest BCUT2D eigenvalue weighted by Gasteiger charge is 2.08. The van der Waals surface area contributed by atoms with Crippen LogP contribution in [0.15, 0.2) is 24.4 Å². The molecule has 2 aromatic heterocycles. The van der Waals surface area contributed by atoms with Crippen LogP contribution in [0.5, 0.6) is 0 Å². The minimum atomic E-state index is -0.0945. The zero-order valence-electron chi connectivity index (χ0n) is 12.0. The van der Waals surface area contributed by atoms with Gasteiger partial charge in [0.1, 0.15) is 5.82 Å². The molecule has 0 unspecified atom stereocenters. The predicted octanol–water partition coefficient (Wildman–Crippen LogP) is 1.14. The highest BCUT2D eigenvalue weighted by Crippen LogP contribution is 2.09. The van der Waals surface area contributed by atoms with Crippen LogP contribution in [-0.4, -0.2) is 34.3 Å². The number of aromatic nitrogens is 3. The van der Waals surface area contributed by atoms with Gasteiger partial charge in [-0.2, -0.15) is 5.10 Å². The Hall–Kier alpha value is -2.37. The van der Waals surface area contributed by atoms with E-state index in [4.69, 9.17) is 0 Å². The van der Waals surface area contributed by atoms with Gasteiger partial charge >= 0.3 is 0 Å². The fourth-order valence-electron chi connectivity index (χ4n) is 1.93. The van der Waals surface area contributed by atoms with Crippen LogP contribution in [0.25, 0.3) is 0 Å². The van der Waals surface area contributed by atoms with Crippen LogP contribution in [0.3, 0.4) is 0 Å². The smallest absolute Gasteiger partial charge is 0.251 e. The molecule has 2 aromatic rings. The number of anilines is 1. The van der Waals surface area contributed by atoms with Crippen molar-refractivity contribution in [1.29, 1.82) is 0 Å². The van der Waals surface area contributed by atoms with E-state index in [0.29, 0.717) is 17.9 Å². The molecule has 0 spiro atoms. The first-order chi connectivity index (χ1) is 9.58. The number of carbonyl (C=O) groups is 1. The van der Waals surface area contributed by atoms with E-state index in [1.807, 2.05) is 26.2 Å². The van der Waals surface area contributed by atoms with Gasteiger partial charge in [0.25, 0.3) is 5.91 Å². The number of rotatable bonds is 5. The number of pyridine rings is 1. The van der Waals surface area contributed by atoms with Gasteiger partial charge in [0.15, 0.2) is 0 Å². The van der Waals surface area contributed by atoms with E-state index < -0.39 is 0 Å². The quantitative estimate of drug-likeness (QED) is 0.857. The summed E-state index contributed by atoms with van der Waals surface area (Å²) in [5.41, 5.74) is 2.39. The van der Waals surface area contributed by atoms with E-state index in [2.05, 4.69) is 20.7 Å². The van der Waals surface area contributed by atoms with Gasteiger partial charge in [-0.3, -0.25) is 9.48 Å².